The maximum atomic E-state index is 13.9. The molecule has 2 aromatic carbocycles. The van der Waals surface area contributed by atoms with Gasteiger partial charge in [0, 0.05) is 26.2 Å². The Balaban J connectivity index is 1.55. The van der Waals surface area contributed by atoms with Crippen LogP contribution >= 0.6 is 11.6 Å². The monoisotopic (exact) mass is 390 g/mol. The number of carbonyl (C=O) groups is 2. The molecule has 27 heavy (non-hydrogen) atoms. The molecule has 1 fully saturated rings. The van der Waals surface area contributed by atoms with Gasteiger partial charge < -0.3 is 14.5 Å². The number of rotatable bonds is 4. The topological polar surface area (TPSA) is 49.9 Å². The summed E-state index contributed by atoms with van der Waals surface area (Å²) in [5.74, 6) is -0.567. The van der Waals surface area contributed by atoms with E-state index >= 15 is 0 Å². The van der Waals surface area contributed by atoms with Crippen LogP contribution in [-0.4, -0.2) is 54.4 Å². The van der Waals surface area contributed by atoms with Crippen LogP contribution in [-0.2, 0) is 4.79 Å². The molecular weight excluding hydrogens is 371 g/mol. The summed E-state index contributed by atoms with van der Waals surface area (Å²) in [4.78, 5) is 28.0. The molecule has 7 heteroatoms. The zero-order valence-corrected chi connectivity index (χ0v) is 15.7. The highest BCUT2D eigenvalue weighted by molar-refractivity contribution is 6.33. The van der Waals surface area contributed by atoms with Gasteiger partial charge in [-0.05, 0) is 30.7 Å². The predicted molar refractivity (Wildman–Crippen MR) is 101 cm³/mol. The summed E-state index contributed by atoms with van der Waals surface area (Å²) < 4.78 is 19.5. The molecule has 1 aliphatic heterocycles. The number of piperazine rings is 1. The highest BCUT2D eigenvalue weighted by atomic mass is 35.5. The lowest BCUT2D eigenvalue weighted by molar-refractivity contribution is -0.134. The van der Waals surface area contributed by atoms with Crippen molar-refractivity contribution < 1.29 is 18.7 Å². The third-order valence-corrected chi connectivity index (χ3v) is 4.86. The van der Waals surface area contributed by atoms with Crippen LogP contribution < -0.4 is 4.74 Å². The SMILES string of the molecule is Cc1ccccc1OCC(=O)N1CCN(C(=O)c2c(F)cccc2Cl)CC1. The Morgan fingerprint density at radius 2 is 1.70 bits per heavy atom. The minimum atomic E-state index is -0.641. The van der Waals surface area contributed by atoms with Crippen molar-refractivity contribution >= 4 is 23.4 Å². The number of carbonyl (C=O) groups excluding carboxylic acids is 2. The first kappa shape index (κ1) is 19.2. The molecule has 1 saturated heterocycles. The average molecular weight is 391 g/mol. The van der Waals surface area contributed by atoms with E-state index in [0.29, 0.717) is 31.9 Å². The molecule has 2 aromatic rings. The number of hydrogen-bond donors (Lipinski definition) is 0. The lowest BCUT2D eigenvalue weighted by Gasteiger charge is -2.35. The number of ether oxygens (including phenoxy) is 1. The Bertz CT molecular complexity index is 831. The second kappa shape index (κ2) is 8.39. The minimum Gasteiger partial charge on any atom is -0.484 e. The molecule has 0 N–H and O–H groups in total. The van der Waals surface area contributed by atoms with E-state index in [4.69, 9.17) is 16.3 Å². The molecule has 2 amide bonds. The summed E-state index contributed by atoms with van der Waals surface area (Å²) >= 11 is 5.97. The van der Waals surface area contributed by atoms with Crippen LogP contribution in [0.4, 0.5) is 4.39 Å². The summed E-state index contributed by atoms with van der Waals surface area (Å²) in [6, 6.07) is 11.6. The molecule has 3 rings (SSSR count). The van der Waals surface area contributed by atoms with Crippen LogP contribution in [0.15, 0.2) is 42.5 Å². The molecule has 0 aromatic heterocycles. The smallest absolute Gasteiger partial charge is 0.260 e. The molecule has 0 atom stereocenters. The summed E-state index contributed by atoms with van der Waals surface area (Å²) in [6.45, 7) is 3.23. The van der Waals surface area contributed by atoms with Gasteiger partial charge in [0.05, 0.1) is 10.6 Å². The normalized spacial score (nSPS) is 14.2. The first-order chi connectivity index (χ1) is 13.0. The fraction of sp³-hybridized carbons (Fsp3) is 0.300. The fourth-order valence-corrected chi connectivity index (χ4v) is 3.21. The van der Waals surface area contributed by atoms with Crippen LogP contribution in [0.2, 0.25) is 5.02 Å². The number of nitrogens with zero attached hydrogens (tertiary/aromatic N) is 2. The largest absolute Gasteiger partial charge is 0.484 e. The number of aryl methyl sites for hydroxylation is 1. The second-order valence-electron chi connectivity index (χ2n) is 6.32. The first-order valence-electron chi connectivity index (χ1n) is 8.67. The molecule has 0 aliphatic carbocycles. The van der Waals surface area contributed by atoms with Crippen LogP contribution in [0.3, 0.4) is 0 Å². The van der Waals surface area contributed by atoms with Crippen molar-refractivity contribution in [3.63, 3.8) is 0 Å². The summed E-state index contributed by atoms with van der Waals surface area (Å²) in [6.07, 6.45) is 0. The van der Waals surface area contributed by atoms with Crippen molar-refractivity contribution in [2.75, 3.05) is 32.8 Å². The van der Waals surface area contributed by atoms with Crippen molar-refractivity contribution in [1.29, 1.82) is 0 Å². The van der Waals surface area contributed by atoms with Gasteiger partial charge in [-0.25, -0.2) is 4.39 Å². The summed E-state index contributed by atoms with van der Waals surface area (Å²) in [5.41, 5.74) is 0.837. The van der Waals surface area contributed by atoms with E-state index in [1.54, 1.807) is 4.90 Å². The highest BCUT2D eigenvalue weighted by Crippen LogP contribution is 2.21. The fourth-order valence-electron chi connectivity index (χ4n) is 2.97. The molecule has 142 valence electrons. The van der Waals surface area contributed by atoms with Gasteiger partial charge in [0.15, 0.2) is 6.61 Å². The lowest BCUT2D eigenvalue weighted by Crippen LogP contribution is -2.51. The summed E-state index contributed by atoms with van der Waals surface area (Å²) in [7, 11) is 0. The second-order valence-corrected chi connectivity index (χ2v) is 6.73. The van der Waals surface area contributed by atoms with Gasteiger partial charge in [-0.3, -0.25) is 9.59 Å². The molecule has 0 spiro atoms. The average Bonchev–Trinajstić information content (AvgIpc) is 2.67. The van der Waals surface area contributed by atoms with E-state index in [1.165, 1.54) is 23.1 Å². The lowest BCUT2D eigenvalue weighted by atomic mass is 10.1. The zero-order chi connectivity index (χ0) is 19.4. The number of para-hydroxylation sites is 1. The summed E-state index contributed by atoms with van der Waals surface area (Å²) in [5, 5.41) is 0.0881. The maximum absolute atomic E-state index is 13.9. The van der Waals surface area contributed by atoms with Crippen LogP contribution in [0.5, 0.6) is 5.75 Å². The molecule has 5 nitrogen and oxygen atoms in total. The Kier molecular flexibility index (Phi) is 5.96. The highest BCUT2D eigenvalue weighted by Gasteiger charge is 2.27. The van der Waals surface area contributed by atoms with Gasteiger partial charge in [-0.15, -0.1) is 0 Å². The van der Waals surface area contributed by atoms with Crippen molar-refractivity contribution in [2.24, 2.45) is 0 Å². The Hall–Kier alpha value is -2.60. The predicted octanol–water partition coefficient (Wildman–Crippen LogP) is 3.15. The Labute approximate surface area is 162 Å². The zero-order valence-electron chi connectivity index (χ0n) is 15.0. The van der Waals surface area contributed by atoms with Gasteiger partial charge in [0.2, 0.25) is 0 Å². The van der Waals surface area contributed by atoms with Crippen molar-refractivity contribution in [2.45, 2.75) is 6.92 Å². The van der Waals surface area contributed by atoms with Gasteiger partial charge in [0.1, 0.15) is 11.6 Å². The Morgan fingerprint density at radius 3 is 2.37 bits per heavy atom. The molecule has 0 saturated carbocycles. The number of halogens is 2. The molecule has 0 unspecified atom stereocenters. The van der Waals surface area contributed by atoms with Crippen LogP contribution in [0.1, 0.15) is 15.9 Å². The maximum Gasteiger partial charge on any atom is 0.260 e. The van der Waals surface area contributed by atoms with Crippen molar-refractivity contribution in [3.8, 4) is 5.75 Å². The van der Waals surface area contributed by atoms with E-state index in [-0.39, 0.29) is 23.1 Å². The molecular formula is C20H20ClFN2O3. The third-order valence-electron chi connectivity index (χ3n) is 4.54. The van der Waals surface area contributed by atoms with E-state index in [1.807, 2.05) is 31.2 Å². The van der Waals surface area contributed by atoms with E-state index < -0.39 is 11.7 Å². The number of benzene rings is 2. The van der Waals surface area contributed by atoms with Gasteiger partial charge in [-0.2, -0.15) is 0 Å². The molecule has 0 radical (unpaired) electrons. The van der Waals surface area contributed by atoms with Crippen molar-refractivity contribution in [3.05, 3.63) is 64.4 Å². The quantitative estimate of drug-likeness (QED) is 0.805. The molecule has 1 heterocycles. The van der Waals surface area contributed by atoms with Crippen LogP contribution in [0, 0.1) is 12.7 Å². The standard InChI is InChI=1S/C20H20ClFN2O3/c1-14-5-2-3-8-17(14)27-13-18(25)23-9-11-24(12-10-23)20(26)19-15(21)6-4-7-16(19)22/h2-8H,9-13H2,1H3. The first-order valence-corrected chi connectivity index (χ1v) is 9.04. The third kappa shape index (κ3) is 4.39. The van der Waals surface area contributed by atoms with E-state index in [9.17, 15) is 14.0 Å². The van der Waals surface area contributed by atoms with Crippen LogP contribution in [0.25, 0.3) is 0 Å². The van der Waals surface area contributed by atoms with Gasteiger partial charge in [0.25, 0.3) is 11.8 Å². The Morgan fingerprint density at radius 1 is 1.04 bits per heavy atom. The number of hydrogen-bond acceptors (Lipinski definition) is 3. The van der Waals surface area contributed by atoms with E-state index in [0.717, 1.165) is 5.56 Å². The van der Waals surface area contributed by atoms with E-state index in [2.05, 4.69) is 0 Å². The molecule has 1 aliphatic rings. The molecule has 0 bridgehead atoms. The number of amides is 2. The van der Waals surface area contributed by atoms with Crippen molar-refractivity contribution in [1.82, 2.24) is 9.80 Å². The van der Waals surface area contributed by atoms with Gasteiger partial charge >= 0.3 is 0 Å². The minimum absolute atomic E-state index is 0.0576. The van der Waals surface area contributed by atoms with Gasteiger partial charge in [-0.1, -0.05) is 35.9 Å².